The van der Waals surface area contributed by atoms with Crippen molar-refractivity contribution in [3.63, 3.8) is 0 Å². The lowest BCUT2D eigenvalue weighted by molar-refractivity contribution is -0.137. The summed E-state index contributed by atoms with van der Waals surface area (Å²) in [5.41, 5.74) is 4.09. The number of primary amides is 1. The topological polar surface area (TPSA) is 81.4 Å². The smallest absolute Gasteiger partial charge is 0.418 e. The number of carbonyl (C=O) groups excluding carboxylic acids is 2. The molecule has 2 amide bonds. The van der Waals surface area contributed by atoms with Crippen molar-refractivity contribution in [3.05, 3.63) is 59.7 Å². The van der Waals surface area contributed by atoms with Crippen molar-refractivity contribution in [2.24, 2.45) is 5.73 Å². The van der Waals surface area contributed by atoms with Gasteiger partial charge in [-0.3, -0.25) is 9.59 Å². The number of halogens is 3. The summed E-state index contributed by atoms with van der Waals surface area (Å²) < 4.78 is 44.2. The first-order valence-corrected chi connectivity index (χ1v) is 7.22. The molecule has 0 aliphatic rings. The fourth-order valence-electron chi connectivity index (χ4n) is 2.03. The quantitative estimate of drug-likeness (QED) is 0.867. The number of benzene rings is 2. The van der Waals surface area contributed by atoms with Gasteiger partial charge in [0.2, 0.25) is 5.91 Å². The Kier molecular flexibility index (Phi) is 5.31. The van der Waals surface area contributed by atoms with Crippen molar-refractivity contribution < 1.29 is 27.5 Å². The zero-order valence-electron chi connectivity index (χ0n) is 13.1. The maximum absolute atomic E-state index is 12.9. The highest BCUT2D eigenvalue weighted by molar-refractivity contribution is 5.95. The highest BCUT2D eigenvalue weighted by atomic mass is 19.4. The second-order valence-corrected chi connectivity index (χ2v) is 5.18. The van der Waals surface area contributed by atoms with Gasteiger partial charge in [-0.15, -0.1) is 0 Å². The van der Waals surface area contributed by atoms with Gasteiger partial charge in [0.15, 0.2) is 6.10 Å². The monoisotopic (exact) mass is 352 g/mol. The van der Waals surface area contributed by atoms with E-state index in [1.807, 2.05) is 0 Å². The summed E-state index contributed by atoms with van der Waals surface area (Å²) in [4.78, 5) is 23.1. The number of alkyl halides is 3. The zero-order valence-corrected chi connectivity index (χ0v) is 13.1. The van der Waals surface area contributed by atoms with Gasteiger partial charge in [-0.25, -0.2) is 0 Å². The van der Waals surface area contributed by atoms with Crippen LogP contribution in [0.3, 0.4) is 0 Å². The van der Waals surface area contributed by atoms with Gasteiger partial charge in [-0.2, -0.15) is 13.2 Å². The molecule has 3 N–H and O–H groups in total. The van der Waals surface area contributed by atoms with E-state index in [1.54, 1.807) is 0 Å². The average Bonchev–Trinajstić information content (AvgIpc) is 2.54. The van der Waals surface area contributed by atoms with Crippen LogP contribution in [0.2, 0.25) is 0 Å². The van der Waals surface area contributed by atoms with Gasteiger partial charge >= 0.3 is 6.18 Å². The number of nitrogens with one attached hydrogen (secondary N) is 1. The molecule has 25 heavy (non-hydrogen) atoms. The third kappa shape index (κ3) is 4.72. The van der Waals surface area contributed by atoms with Crippen LogP contribution in [0.5, 0.6) is 5.75 Å². The molecule has 2 aromatic carbocycles. The van der Waals surface area contributed by atoms with Crippen molar-refractivity contribution in [2.75, 3.05) is 5.32 Å². The van der Waals surface area contributed by atoms with Crippen molar-refractivity contribution >= 4 is 17.5 Å². The summed E-state index contributed by atoms with van der Waals surface area (Å²) in [7, 11) is 0. The minimum absolute atomic E-state index is 0.267. The Morgan fingerprint density at radius 3 is 2.24 bits per heavy atom. The molecule has 0 radical (unpaired) electrons. The Hall–Kier alpha value is -3.03. The largest absolute Gasteiger partial charge is 0.481 e. The number of nitrogens with two attached hydrogens (primary N) is 1. The Bertz CT molecular complexity index is 773. The van der Waals surface area contributed by atoms with E-state index in [9.17, 15) is 22.8 Å². The van der Waals surface area contributed by atoms with E-state index in [-0.39, 0.29) is 17.0 Å². The normalized spacial score (nSPS) is 12.3. The predicted molar refractivity (Wildman–Crippen MR) is 85.1 cm³/mol. The van der Waals surface area contributed by atoms with Crippen LogP contribution in [0, 0.1) is 0 Å². The van der Waals surface area contributed by atoms with E-state index >= 15 is 0 Å². The highest BCUT2D eigenvalue weighted by Gasteiger charge is 2.34. The lowest BCUT2D eigenvalue weighted by atomic mass is 10.1. The van der Waals surface area contributed by atoms with Crippen LogP contribution in [-0.4, -0.2) is 17.9 Å². The predicted octanol–water partition coefficient (Wildman–Crippen LogP) is 3.21. The number of amides is 2. The number of hydrogen-bond donors (Lipinski definition) is 2. The molecule has 0 heterocycles. The molecule has 0 fully saturated rings. The van der Waals surface area contributed by atoms with E-state index < -0.39 is 29.7 Å². The van der Waals surface area contributed by atoms with Crippen molar-refractivity contribution in [3.8, 4) is 5.75 Å². The van der Waals surface area contributed by atoms with E-state index in [1.165, 1.54) is 43.3 Å². The molecule has 0 aliphatic heterocycles. The molecule has 0 spiro atoms. The molecular weight excluding hydrogens is 337 g/mol. The van der Waals surface area contributed by atoms with Gasteiger partial charge in [-0.05, 0) is 43.3 Å². The fraction of sp³-hybridized carbons (Fsp3) is 0.176. The number of hydrogen-bond acceptors (Lipinski definition) is 3. The van der Waals surface area contributed by atoms with Crippen LogP contribution in [-0.2, 0) is 11.0 Å². The first-order valence-electron chi connectivity index (χ1n) is 7.22. The Morgan fingerprint density at radius 1 is 1.08 bits per heavy atom. The van der Waals surface area contributed by atoms with Crippen LogP contribution in [0.15, 0.2) is 48.5 Å². The first kappa shape index (κ1) is 18.3. The summed E-state index contributed by atoms with van der Waals surface area (Å²) in [6.45, 7) is 1.40. The molecule has 1 atom stereocenters. The van der Waals surface area contributed by atoms with Crippen molar-refractivity contribution in [2.45, 2.75) is 19.2 Å². The molecule has 1 unspecified atom stereocenters. The summed E-state index contributed by atoms with van der Waals surface area (Å²) in [5, 5.41) is 2.21. The summed E-state index contributed by atoms with van der Waals surface area (Å²) in [6.07, 6.45) is -5.64. The number of anilines is 1. The SMILES string of the molecule is CC(Oc1ccc(C(N)=O)cc1)C(=O)Nc1ccccc1C(F)(F)F. The Morgan fingerprint density at radius 2 is 1.68 bits per heavy atom. The minimum Gasteiger partial charge on any atom is -0.481 e. The second kappa shape index (κ2) is 7.25. The lowest BCUT2D eigenvalue weighted by Gasteiger charge is -2.17. The van der Waals surface area contributed by atoms with Gasteiger partial charge in [0.05, 0.1) is 11.3 Å². The molecule has 0 bridgehead atoms. The zero-order chi connectivity index (χ0) is 18.6. The van der Waals surface area contributed by atoms with Crippen LogP contribution < -0.4 is 15.8 Å². The average molecular weight is 352 g/mol. The molecular formula is C17H15F3N2O3. The molecule has 5 nitrogen and oxygen atoms in total. The molecule has 8 heteroatoms. The number of rotatable bonds is 5. The molecule has 0 aromatic heterocycles. The Balaban J connectivity index is 2.07. The second-order valence-electron chi connectivity index (χ2n) is 5.18. The van der Waals surface area contributed by atoms with Crippen LogP contribution in [0.1, 0.15) is 22.8 Å². The number of ether oxygens (including phenoxy) is 1. The van der Waals surface area contributed by atoms with Crippen LogP contribution >= 0.6 is 0 Å². The number of para-hydroxylation sites is 1. The third-order valence-electron chi connectivity index (χ3n) is 3.31. The fourth-order valence-corrected chi connectivity index (χ4v) is 2.03. The van der Waals surface area contributed by atoms with E-state index in [0.29, 0.717) is 0 Å². The van der Waals surface area contributed by atoms with Crippen LogP contribution in [0.4, 0.5) is 18.9 Å². The molecule has 2 aromatic rings. The summed E-state index contributed by atoms with van der Waals surface area (Å²) >= 11 is 0. The lowest BCUT2D eigenvalue weighted by Crippen LogP contribution is -2.31. The van der Waals surface area contributed by atoms with E-state index in [4.69, 9.17) is 10.5 Å². The van der Waals surface area contributed by atoms with Gasteiger partial charge < -0.3 is 15.8 Å². The standard InChI is InChI=1S/C17H15F3N2O3/c1-10(25-12-8-6-11(7-9-12)15(21)23)16(24)22-14-5-3-2-4-13(14)17(18,19)20/h2-10H,1H3,(H2,21,23)(H,22,24). The molecule has 0 aliphatic carbocycles. The van der Waals surface area contributed by atoms with Crippen molar-refractivity contribution in [1.29, 1.82) is 0 Å². The molecule has 132 valence electrons. The summed E-state index contributed by atoms with van der Waals surface area (Å²) in [5.74, 6) is -1.08. The van der Waals surface area contributed by atoms with E-state index in [2.05, 4.69) is 5.32 Å². The highest BCUT2D eigenvalue weighted by Crippen LogP contribution is 2.34. The Labute approximate surface area is 141 Å². The van der Waals surface area contributed by atoms with Crippen LogP contribution in [0.25, 0.3) is 0 Å². The summed E-state index contributed by atoms with van der Waals surface area (Å²) in [6, 6.07) is 10.4. The van der Waals surface area contributed by atoms with Crippen molar-refractivity contribution in [1.82, 2.24) is 0 Å². The number of carbonyl (C=O) groups is 2. The van der Waals surface area contributed by atoms with E-state index in [0.717, 1.165) is 12.1 Å². The molecule has 2 rings (SSSR count). The van der Waals surface area contributed by atoms with Gasteiger partial charge in [0.25, 0.3) is 5.91 Å². The van der Waals surface area contributed by atoms with Gasteiger partial charge in [0.1, 0.15) is 5.75 Å². The van der Waals surface area contributed by atoms with Gasteiger partial charge in [-0.1, -0.05) is 12.1 Å². The maximum atomic E-state index is 12.9. The van der Waals surface area contributed by atoms with Gasteiger partial charge in [0, 0.05) is 5.56 Å². The third-order valence-corrected chi connectivity index (χ3v) is 3.31. The first-order chi connectivity index (χ1) is 11.7. The minimum atomic E-state index is -4.58. The maximum Gasteiger partial charge on any atom is 0.418 e. The molecule has 0 saturated heterocycles. The molecule has 0 saturated carbocycles.